The van der Waals surface area contributed by atoms with Gasteiger partial charge in [-0.1, -0.05) is 43.0 Å². The van der Waals surface area contributed by atoms with Crippen LogP contribution in [0.15, 0.2) is 64.5 Å². The number of fused-ring (bicyclic) bond motifs is 2. The molecule has 1 amide bonds. The molecular formula is C29H28N10O2. The molecule has 0 saturated carbocycles. The van der Waals surface area contributed by atoms with Gasteiger partial charge in [0.15, 0.2) is 5.82 Å². The molecule has 0 radical (unpaired) electrons. The molecule has 5 N–H and O–H groups in total. The number of nitrogen functional groups attached to an aromatic ring is 1. The third-order valence-corrected chi connectivity index (χ3v) is 6.58. The Morgan fingerprint density at radius 1 is 1.10 bits per heavy atom. The minimum atomic E-state index is -0.596. The minimum Gasteiger partial charge on any atom is -0.381 e. The van der Waals surface area contributed by atoms with Crippen LogP contribution in [-0.2, 0) is 13.5 Å². The fraction of sp³-hybridized carbons (Fsp3) is 0.172. The third kappa shape index (κ3) is 5.16. The molecule has 41 heavy (non-hydrogen) atoms. The second-order valence-corrected chi connectivity index (χ2v) is 9.13. The van der Waals surface area contributed by atoms with Gasteiger partial charge in [-0.2, -0.15) is 5.10 Å². The van der Waals surface area contributed by atoms with E-state index in [4.69, 9.17) is 16.5 Å². The number of aromatic nitrogens is 6. The average molecular weight is 549 g/mol. The number of hydrogen-bond donors (Lipinski definition) is 3. The largest absolute Gasteiger partial charge is 0.381 e. The van der Waals surface area contributed by atoms with E-state index in [0.717, 1.165) is 22.8 Å². The molecule has 0 bridgehead atoms. The molecule has 1 aliphatic heterocycles. The summed E-state index contributed by atoms with van der Waals surface area (Å²) in [5.74, 6) is 7.06. The molecule has 0 spiro atoms. The van der Waals surface area contributed by atoms with Crippen molar-refractivity contribution >= 4 is 34.8 Å². The molecule has 5 aromatic rings. The van der Waals surface area contributed by atoms with Crippen LogP contribution in [0.25, 0.3) is 16.6 Å². The van der Waals surface area contributed by atoms with Crippen molar-refractivity contribution in [3.05, 3.63) is 93.3 Å². The predicted octanol–water partition coefficient (Wildman–Crippen LogP) is 2.21. The summed E-state index contributed by atoms with van der Waals surface area (Å²) in [5, 5.41) is 11.5. The van der Waals surface area contributed by atoms with E-state index in [-0.39, 0.29) is 16.9 Å². The van der Waals surface area contributed by atoms with Crippen molar-refractivity contribution in [3.63, 3.8) is 0 Å². The first kappa shape index (κ1) is 26.9. The van der Waals surface area contributed by atoms with Crippen molar-refractivity contribution in [2.75, 3.05) is 17.7 Å². The molecule has 2 aromatic carbocycles. The van der Waals surface area contributed by atoms with E-state index in [2.05, 4.69) is 32.3 Å². The summed E-state index contributed by atoms with van der Waals surface area (Å²) in [6, 6.07) is 15.2. The number of carbonyl (C=O) groups excluding carboxylic acids is 1. The van der Waals surface area contributed by atoms with Gasteiger partial charge in [0.05, 0.1) is 34.0 Å². The molecule has 0 aliphatic carbocycles. The van der Waals surface area contributed by atoms with Crippen LogP contribution in [-0.4, -0.2) is 48.0 Å². The van der Waals surface area contributed by atoms with Crippen molar-refractivity contribution in [1.29, 1.82) is 0 Å². The number of carbonyl (C=O) groups is 1. The van der Waals surface area contributed by atoms with E-state index in [9.17, 15) is 9.59 Å². The maximum Gasteiger partial charge on any atom is 0.267 e. The highest BCUT2D eigenvalue weighted by molar-refractivity contribution is 6.03. The van der Waals surface area contributed by atoms with Crippen LogP contribution in [0, 0.1) is 18.8 Å². The van der Waals surface area contributed by atoms with Gasteiger partial charge < -0.3 is 16.8 Å². The number of hydrogen-bond acceptors (Lipinski definition) is 8. The second kappa shape index (κ2) is 11.2. The summed E-state index contributed by atoms with van der Waals surface area (Å²) < 4.78 is 4.85. The van der Waals surface area contributed by atoms with Gasteiger partial charge in [0.2, 0.25) is 0 Å². The molecule has 0 fully saturated rings. The van der Waals surface area contributed by atoms with Crippen molar-refractivity contribution in [1.82, 2.24) is 29.1 Å². The van der Waals surface area contributed by atoms with Gasteiger partial charge in [-0.05, 0) is 31.2 Å². The van der Waals surface area contributed by atoms with Crippen LogP contribution >= 0.6 is 0 Å². The van der Waals surface area contributed by atoms with Crippen molar-refractivity contribution in [2.24, 2.45) is 17.8 Å². The Kier molecular flexibility index (Phi) is 7.34. The van der Waals surface area contributed by atoms with Crippen LogP contribution in [0.5, 0.6) is 0 Å². The molecule has 206 valence electrons. The zero-order valence-electron chi connectivity index (χ0n) is 22.8. The standard InChI is InChI=1S/C23H20N4O.C6H8N6O/c1-4-21-25-20-12-8-9-17(13-14-18-15-24-26(3)16(18)2)22(20)23(28)27(21)19-10-6-5-7-11-19;7-4-3(5(8)13)6-10-1-9-2-12(6)11-4/h5-12,15H,4H2,1-3H3;2,10H,1H2,(H2,7,11)(H2,8,13). The van der Waals surface area contributed by atoms with E-state index >= 15 is 0 Å². The SMILES string of the molecule is CCc1nc2cccc(C#Cc3cnn(C)c3C)c2c(=O)n1-c1ccccc1.NC(=O)c1c(N)nn2c1NCN=C2. The quantitative estimate of drug-likeness (QED) is 0.291. The van der Waals surface area contributed by atoms with Crippen LogP contribution in [0.2, 0.25) is 0 Å². The van der Waals surface area contributed by atoms with E-state index in [1.165, 1.54) is 11.0 Å². The van der Waals surface area contributed by atoms with E-state index < -0.39 is 5.91 Å². The van der Waals surface area contributed by atoms with Crippen LogP contribution in [0.3, 0.4) is 0 Å². The summed E-state index contributed by atoms with van der Waals surface area (Å²) in [4.78, 5) is 33.0. The maximum atomic E-state index is 13.5. The average Bonchev–Trinajstić information content (AvgIpc) is 3.49. The molecular weight excluding hydrogens is 520 g/mol. The summed E-state index contributed by atoms with van der Waals surface area (Å²) in [6.45, 7) is 4.37. The number of rotatable bonds is 3. The number of nitrogens with one attached hydrogen (secondary N) is 1. The zero-order valence-corrected chi connectivity index (χ0v) is 22.8. The lowest BCUT2D eigenvalue weighted by molar-refractivity contribution is 0.100. The molecule has 1 aliphatic rings. The molecule has 12 heteroatoms. The van der Waals surface area contributed by atoms with Gasteiger partial charge in [-0.3, -0.25) is 23.8 Å². The Balaban J connectivity index is 0.000000216. The minimum absolute atomic E-state index is 0.0964. The van der Waals surface area contributed by atoms with Crippen LogP contribution < -0.4 is 22.3 Å². The Morgan fingerprint density at radius 3 is 2.54 bits per heavy atom. The maximum absolute atomic E-state index is 13.5. The summed E-state index contributed by atoms with van der Waals surface area (Å²) in [7, 11) is 1.88. The molecule has 4 heterocycles. The first-order chi connectivity index (χ1) is 19.8. The third-order valence-electron chi connectivity index (χ3n) is 6.58. The first-order valence-electron chi connectivity index (χ1n) is 12.8. The van der Waals surface area contributed by atoms with Crippen LogP contribution in [0.1, 0.15) is 39.9 Å². The Morgan fingerprint density at radius 2 is 1.85 bits per heavy atom. The highest BCUT2D eigenvalue weighted by Gasteiger charge is 2.20. The highest BCUT2D eigenvalue weighted by Crippen LogP contribution is 2.21. The summed E-state index contributed by atoms with van der Waals surface area (Å²) in [6.07, 6.45) is 3.88. The monoisotopic (exact) mass is 548 g/mol. The van der Waals surface area contributed by atoms with Gasteiger partial charge in [0.25, 0.3) is 11.5 Å². The lowest BCUT2D eigenvalue weighted by Gasteiger charge is -2.13. The highest BCUT2D eigenvalue weighted by atomic mass is 16.1. The van der Waals surface area contributed by atoms with Crippen molar-refractivity contribution < 1.29 is 4.79 Å². The number of primary amides is 1. The molecule has 3 aromatic heterocycles. The van der Waals surface area contributed by atoms with Gasteiger partial charge >= 0.3 is 0 Å². The fourth-order valence-electron chi connectivity index (χ4n) is 4.40. The number of benzene rings is 2. The Hall–Kier alpha value is -5.70. The van der Waals surface area contributed by atoms with Gasteiger partial charge in [-0.25, -0.2) is 9.67 Å². The molecule has 0 atom stereocenters. The Bertz CT molecular complexity index is 1920. The summed E-state index contributed by atoms with van der Waals surface area (Å²) >= 11 is 0. The number of anilines is 2. The molecule has 6 rings (SSSR count). The van der Waals surface area contributed by atoms with Crippen LogP contribution in [0.4, 0.5) is 11.6 Å². The van der Waals surface area contributed by atoms with E-state index in [1.54, 1.807) is 15.4 Å². The first-order valence-corrected chi connectivity index (χ1v) is 12.8. The predicted molar refractivity (Wildman–Crippen MR) is 158 cm³/mol. The number of amides is 1. The van der Waals surface area contributed by atoms with E-state index in [0.29, 0.717) is 35.4 Å². The smallest absolute Gasteiger partial charge is 0.267 e. The summed E-state index contributed by atoms with van der Waals surface area (Å²) in [5.41, 5.74) is 14.7. The van der Waals surface area contributed by atoms with Crippen molar-refractivity contribution in [3.8, 4) is 17.5 Å². The molecule has 0 unspecified atom stereocenters. The van der Waals surface area contributed by atoms with Gasteiger partial charge in [-0.15, -0.1) is 5.10 Å². The fourth-order valence-corrected chi connectivity index (χ4v) is 4.40. The number of para-hydroxylation sites is 1. The number of aliphatic imine (C=N–C) groups is 1. The molecule has 12 nitrogen and oxygen atoms in total. The zero-order chi connectivity index (χ0) is 29.1. The topological polar surface area (TPSA) is 164 Å². The normalized spacial score (nSPS) is 11.6. The number of aryl methyl sites for hydroxylation is 2. The molecule has 0 saturated heterocycles. The lowest BCUT2D eigenvalue weighted by Crippen LogP contribution is -2.24. The number of nitrogens with two attached hydrogens (primary N) is 2. The second-order valence-electron chi connectivity index (χ2n) is 9.13. The van der Waals surface area contributed by atoms with E-state index in [1.807, 2.05) is 69.4 Å². The Labute approximate surface area is 235 Å². The van der Waals surface area contributed by atoms with Gasteiger partial charge in [0, 0.05) is 19.0 Å². The lowest BCUT2D eigenvalue weighted by atomic mass is 10.1. The van der Waals surface area contributed by atoms with Crippen molar-refractivity contribution in [2.45, 2.75) is 20.3 Å². The van der Waals surface area contributed by atoms with Gasteiger partial charge in [0.1, 0.15) is 30.2 Å². The number of nitrogens with zero attached hydrogens (tertiary/aromatic N) is 7.